The first-order chi connectivity index (χ1) is 18.3. The van der Waals surface area contributed by atoms with Crippen molar-refractivity contribution in [2.75, 3.05) is 5.01 Å². The predicted octanol–water partition coefficient (Wildman–Crippen LogP) is 2.00. The molecule has 12 nitrogen and oxygen atoms in total. The summed E-state index contributed by atoms with van der Waals surface area (Å²) in [7, 11) is -8.70. The Balaban J connectivity index is 0.00000294. The van der Waals surface area contributed by atoms with Crippen LogP contribution in [0.4, 0.5) is 5.69 Å². The molecule has 1 aliphatic rings. The van der Waals surface area contributed by atoms with Gasteiger partial charge in [-0.3, -0.25) is 13.9 Å². The third-order valence-corrected chi connectivity index (χ3v) is 7.39. The van der Waals surface area contributed by atoms with Crippen molar-refractivity contribution in [2.24, 2.45) is 5.10 Å². The second kappa shape index (κ2) is 14.6. The molecule has 2 heterocycles. The number of amides is 1. The van der Waals surface area contributed by atoms with E-state index >= 15 is 0 Å². The molecule has 0 saturated carbocycles. The summed E-state index contributed by atoms with van der Waals surface area (Å²) < 4.78 is 64.4. The SMILES string of the molecule is CC1=NN(c2ccc(S(=O)(=O)O)cc2)C(=O)C1=CC=CC=Cc1c(C)nn(-c2ccc(S(=O)(=O)O)cc2)c1O.[KH].[KH]. The van der Waals surface area contributed by atoms with Gasteiger partial charge < -0.3 is 5.11 Å². The van der Waals surface area contributed by atoms with Gasteiger partial charge in [-0.15, -0.1) is 0 Å². The monoisotopic (exact) mass is 650 g/mol. The number of aromatic nitrogens is 2. The number of rotatable bonds is 7. The molecule has 0 atom stereocenters. The van der Waals surface area contributed by atoms with Crippen LogP contribution in [0.3, 0.4) is 0 Å². The van der Waals surface area contributed by atoms with Crippen LogP contribution in [0.2, 0.25) is 0 Å². The third-order valence-electron chi connectivity index (χ3n) is 5.65. The average molecular weight is 651 g/mol. The fourth-order valence-electron chi connectivity index (χ4n) is 3.67. The number of benzene rings is 2. The standard InChI is InChI=1S/C25H22N4O8S2.2K.2H/c1-16-22(24(30)28(26-16)18-8-12-20(13-9-18)38(32,33)34)6-4-3-5-7-23-17(2)27-29(25(23)31)19-10-14-21(15-11-19)39(35,36)37;;;;/h3-15,30H,1-2H3,(H,32,33,34)(H,35,36,37);;;;. The van der Waals surface area contributed by atoms with Gasteiger partial charge in [-0.2, -0.15) is 32.0 Å². The Morgan fingerprint density at radius 2 is 1.29 bits per heavy atom. The van der Waals surface area contributed by atoms with Gasteiger partial charge in [0.25, 0.3) is 26.1 Å². The quantitative estimate of drug-likeness (QED) is 0.149. The number of aryl methyl sites for hydroxylation is 1. The Kier molecular flexibility index (Phi) is 12.8. The molecule has 16 heteroatoms. The van der Waals surface area contributed by atoms with Crippen LogP contribution in [-0.2, 0) is 25.0 Å². The molecular formula is C25H24K2N4O8S2. The summed E-state index contributed by atoms with van der Waals surface area (Å²) in [5.74, 6) is -0.602. The van der Waals surface area contributed by atoms with Gasteiger partial charge >= 0.3 is 103 Å². The Bertz CT molecular complexity index is 1790. The number of aromatic hydroxyl groups is 1. The summed E-state index contributed by atoms with van der Waals surface area (Å²) in [6.07, 6.45) is 8.04. The zero-order valence-corrected chi connectivity index (χ0v) is 22.1. The second-order valence-electron chi connectivity index (χ2n) is 8.30. The average Bonchev–Trinajstić information content (AvgIpc) is 3.32. The molecule has 1 amide bonds. The first-order valence-corrected chi connectivity index (χ1v) is 14.0. The zero-order valence-electron chi connectivity index (χ0n) is 20.5. The number of hydrogen-bond donors (Lipinski definition) is 3. The van der Waals surface area contributed by atoms with E-state index in [0.29, 0.717) is 33.9 Å². The summed E-state index contributed by atoms with van der Waals surface area (Å²) in [5.41, 5.74) is 2.39. The fraction of sp³-hybridized carbons (Fsp3) is 0.0800. The van der Waals surface area contributed by atoms with Crippen LogP contribution in [0, 0.1) is 6.92 Å². The third kappa shape index (κ3) is 8.51. The molecule has 0 radical (unpaired) electrons. The molecule has 0 aliphatic carbocycles. The minimum absolute atomic E-state index is 0. The molecule has 0 bridgehead atoms. The summed E-state index contributed by atoms with van der Waals surface area (Å²) in [5, 5.41) is 20.2. The van der Waals surface area contributed by atoms with Crippen LogP contribution < -0.4 is 5.01 Å². The Labute approximate surface area is 321 Å². The topological polar surface area (TPSA) is 179 Å². The van der Waals surface area contributed by atoms with E-state index in [9.17, 15) is 26.7 Å². The number of carbonyl (C=O) groups is 1. The van der Waals surface area contributed by atoms with Gasteiger partial charge in [0.1, 0.15) is 0 Å². The second-order valence-corrected chi connectivity index (χ2v) is 11.1. The molecule has 4 rings (SSSR count). The minimum atomic E-state index is -4.36. The molecule has 1 aliphatic heterocycles. The van der Waals surface area contributed by atoms with Gasteiger partial charge in [-0.25, -0.2) is 4.68 Å². The summed E-state index contributed by atoms with van der Waals surface area (Å²) in [4.78, 5) is 12.2. The summed E-state index contributed by atoms with van der Waals surface area (Å²) >= 11 is 0. The molecule has 0 fully saturated rings. The molecular weight excluding hydrogens is 627 g/mol. The van der Waals surface area contributed by atoms with Gasteiger partial charge in [0.2, 0.25) is 5.88 Å². The molecule has 206 valence electrons. The Morgan fingerprint density at radius 1 is 0.780 bits per heavy atom. The van der Waals surface area contributed by atoms with Gasteiger partial charge in [-0.05, 0) is 74.5 Å². The van der Waals surface area contributed by atoms with Crippen LogP contribution in [0.15, 0.2) is 93.3 Å². The molecule has 1 aromatic heterocycles. The van der Waals surface area contributed by atoms with Crippen molar-refractivity contribution in [2.45, 2.75) is 23.6 Å². The molecule has 41 heavy (non-hydrogen) atoms. The first-order valence-electron chi connectivity index (χ1n) is 11.2. The molecule has 0 unspecified atom stereocenters. The van der Waals surface area contributed by atoms with E-state index in [1.165, 1.54) is 53.2 Å². The summed E-state index contributed by atoms with van der Waals surface area (Å²) in [6, 6.07) is 10.2. The van der Waals surface area contributed by atoms with Crippen molar-refractivity contribution >= 4 is 146 Å². The van der Waals surface area contributed by atoms with Gasteiger partial charge in [0.15, 0.2) is 0 Å². The van der Waals surface area contributed by atoms with E-state index < -0.39 is 26.1 Å². The van der Waals surface area contributed by atoms with Crippen molar-refractivity contribution in [3.05, 3.63) is 89.7 Å². The van der Waals surface area contributed by atoms with Crippen molar-refractivity contribution in [3.63, 3.8) is 0 Å². The van der Waals surface area contributed by atoms with E-state index in [1.54, 1.807) is 44.2 Å². The number of anilines is 1. The molecule has 3 N–H and O–H groups in total. The maximum absolute atomic E-state index is 12.8. The van der Waals surface area contributed by atoms with E-state index in [1.807, 2.05) is 0 Å². The van der Waals surface area contributed by atoms with Crippen molar-refractivity contribution in [1.82, 2.24) is 9.78 Å². The first kappa shape index (κ1) is 36.1. The number of hydrogen-bond acceptors (Lipinski definition) is 8. The predicted molar refractivity (Wildman–Crippen MR) is 157 cm³/mol. The number of nitrogens with zero attached hydrogens (tertiary/aromatic N) is 4. The van der Waals surface area contributed by atoms with E-state index in [-0.39, 0.29) is 118 Å². The Morgan fingerprint density at radius 3 is 1.80 bits per heavy atom. The van der Waals surface area contributed by atoms with Crippen LogP contribution in [-0.4, -0.2) is 155 Å². The summed E-state index contributed by atoms with van der Waals surface area (Å²) in [6.45, 7) is 3.33. The van der Waals surface area contributed by atoms with Crippen LogP contribution in [0.5, 0.6) is 5.88 Å². The zero-order chi connectivity index (χ0) is 28.5. The van der Waals surface area contributed by atoms with Crippen LogP contribution in [0.1, 0.15) is 18.2 Å². The molecule has 0 spiro atoms. The fourth-order valence-corrected chi connectivity index (χ4v) is 4.63. The van der Waals surface area contributed by atoms with E-state index in [4.69, 9.17) is 9.11 Å². The van der Waals surface area contributed by atoms with Gasteiger partial charge in [-0.1, -0.05) is 18.2 Å². The van der Waals surface area contributed by atoms with E-state index in [2.05, 4.69) is 10.2 Å². The molecule has 0 saturated heterocycles. The van der Waals surface area contributed by atoms with Gasteiger partial charge in [0, 0.05) is 0 Å². The van der Waals surface area contributed by atoms with E-state index in [0.717, 1.165) is 5.01 Å². The van der Waals surface area contributed by atoms with Crippen LogP contribution in [0.25, 0.3) is 11.8 Å². The van der Waals surface area contributed by atoms with Crippen LogP contribution >= 0.6 is 0 Å². The maximum atomic E-state index is 12.8. The molecule has 2 aromatic carbocycles. The molecule has 3 aromatic rings. The van der Waals surface area contributed by atoms with Crippen molar-refractivity contribution in [1.29, 1.82) is 0 Å². The van der Waals surface area contributed by atoms with Gasteiger partial charge in [0.05, 0.1) is 43.7 Å². The number of hydrazone groups is 1. The Hall–Kier alpha value is -1.10. The van der Waals surface area contributed by atoms with Crippen molar-refractivity contribution in [3.8, 4) is 11.6 Å². The number of carbonyl (C=O) groups excluding carboxylic acids is 1. The number of allylic oxidation sites excluding steroid dienone is 4. The van der Waals surface area contributed by atoms with Crippen molar-refractivity contribution < 1.29 is 35.8 Å². The normalized spacial score (nSPS) is 14.9.